The molecule has 2 fully saturated rings. The van der Waals surface area contributed by atoms with E-state index in [1.807, 2.05) is 48.5 Å². The van der Waals surface area contributed by atoms with Crippen LogP contribution in [0, 0.1) is 28.1 Å². The third-order valence-corrected chi connectivity index (χ3v) is 5.81. The van der Waals surface area contributed by atoms with Crippen LogP contribution in [-0.4, -0.2) is 39.0 Å². The van der Waals surface area contributed by atoms with E-state index in [4.69, 9.17) is 29.5 Å². The molecule has 31 heavy (non-hydrogen) atoms. The Hall–Kier alpha value is -2.74. The van der Waals surface area contributed by atoms with Gasteiger partial charge < -0.3 is 18.9 Å². The van der Waals surface area contributed by atoms with E-state index in [2.05, 4.69) is 12.1 Å². The van der Waals surface area contributed by atoms with Crippen molar-refractivity contribution in [3.05, 3.63) is 70.8 Å². The SMILES string of the molecule is N#Cc1ccc(CCC2OCC3(CO2)COC(CCc2ccc(C#N)cc2)OC3)cc1. The van der Waals surface area contributed by atoms with Crippen molar-refractivity contribution in [1.82, 2.24) is 0 Å². The van der Waals surface area contributed by atoms with Crippen molar-refractivity contribution in [2.75, 3.05) is 26.4 Å². The average Bonchev–Trinajstić information content (AvgIpc) is 2.84. The lowest BCUT2D eigenvalue weighted by Gasteiger charge is -2.43. The summed E-state index contributed by atoms with van der Waals surface area (Å²) >= 11 is 0. The van der Waals surface area contributed by atoms with Gasteiger partial charge in [0.15, 0.2) is 12.6 Å². The molecule has 6 nitrogen and oxygen atoms in total. The number of nitrogens with zero attached hydrogens (tertiary/aromatic N) is 2. The fraction of sp³-hybridized carbons (Fsp3) is 0.440. The van der Waals surface area contributed by atoms with E-state index >= 15 is 0 Å². The summed E-state index contributed by atoms with van der Waals surface area (Å²) in [5.74, 6) is 0. The third-order valence-electron chi connectivity index (χ3n) is 5.81. The van der Waals surface area contributed by atoms with Crippen LogP contribution in [0.1, 0.15) is 35.1 Å². The highest BCUT2D eigenvalue weighted by molar-refractivity contribution is 5.32. The first kappa shape index (κ1) is 21.5. The van der Waals surface area contributed by atoms with Gasteiger partial charge in [-0.2, -0.15) is 10.5 Å². The molecule has 0 radical (unpaired) electrons. The highest BCUT2D eigenvalue weighted by Gasteiger charge is 2.41. The van der Waals surface area contributed by atoms with E-state index in [-0.39, 0.29) is 18.0 Å². The predicted octanol–water partition coefficient (Wildman–Crippen LogP) is 3.73. The lowest BCUT2D eigenvalue weighted by Crippen LogP contribution is -2.52. The summed E-state index contributed by atoms with van der Waals surface area (Å²) in [6, 6.07) is 19.5. The quantitative estimate of drug-likeness (QED) is 0.711. The van der Waals surface area contributed by atoms with E-state index in [1.165, 1.54) is 11.1 Å². The highest BCUT2D eigenvalue weighted by atomic mass is 16.7. The normalized spacial score (nSPS) is 25.6. The summed E-state index contributed by atoms with van der Waals surface area (Å²) in [6.07, 6.45) is 2.78. The number of hydrogen-bond acceptors (Lipinski definition) is 6. The van der Waals surface area contributed by atoms with Crippen molar-refractivity contribution in [1.29, 1.82) is 10.5 Å². The van der Waals surface area contributed by atoms with Gasteiger partial charge in [0, 0.05) is 12.8 Å². The van der Waals surface area contributed by atoms with E-state index in [1.54, 1.807) is 0 Å². The Morgan fingerprint density at radius 2 is 1.00 bits per heavy atom. The van der Waals surface area contributed by atoms with Gasteiger partial charge in [0.2, 0.25) is 0 Å². The Labute approximate surface area is 182 Å². The van der Waals surface area contributed by atoms with Crippen LogP contribution < -0.4 is 0 Å². The third kappa shape index (κ3) is 5.70. The molecule has 2 saturated heterocycles. The molecular formula is C25H26N2O4. The molecule has 2 aromatic rings. The number of benzene rings is 2. The van der Waals surface area contributed by atoms with Crippen molar-refractivity contribution in [2.45, 2.75) is 38.3 Å². The number of aryl methyl sites for hydroxylation is 2. The number of hydrogen-bond donors (Lipinski definition) is 0. The molecule has 2 aromatic carbocycles. The number of nitriles is 2. The minimum absolute atomic E-state index is 0.227. The van der Waals surface area contributed by atoms with Crippen molar-refractivity contribution >= 4 is 0 Å². The summed E-state index contributed by atoms with van der Waals surface area (Å²) in [7, 11) is 0. The summed E-state index contributed by atoms with van der Waals surface area (Å²) in [5, 5.41) is 17.8. The fourth-order valence-electron chi connectivity index (χ4n) is 3.82. The maximum atomic E-state index is 8.88. The zero-order valence-corrected chi connectivity index (χ0v) is 17.5. The van der Waals surface area contributed by atoms with Crippen LogP contribution in [0.2, 0.25) is 0 Å². The second-order valence-corrected chi connectivity index (χ2v) is 8.30. The first-order chi connectivity index (χ1) is 15.2. The Kier molecular flexibility index (Phi) is 6.96. The monoisotopic (exact) mass is 418 g/mol. The van der Waals surface area contributed by atoms with Gasteiger partial charge in [-0.1, -0.05) is 24.3 Å². The minimum Gasteiger partial charge on any atom is -0.352 e. The standard InChI is InChI=1S/C25H26N2O4/c26-13-21-5-1-19(2-6-21)9-11-23-28-15-25(16-29-23)17-30-24(31-18-25)12-10-20-3-7-22(14-27)8-4-20/h1-8,23-24H,9-12,15-18H2. The van der Waals surface area contributed by atoms with Crippen LogP contribution in [0.4, 0.5) is 0 Å². The molecule has 160 valence electrons. The fourth-order valence-corrected chi connectivity index (χ4v) is 3.82. The van der Waals surface area contributed by atoms with Crippen molar-refractivity contribution in [2.24, 2.45) is 5.41 Å². The van der Waals surface area contributed by atoms with E-state index < -0.39 is 0 Å². The van der Waals surface area contributed by atoms with E-state index in [9.17, 15) is 0 Å². The van der Waals surface area contributed by atoms with Crippen LogP contribution in [0.3, 0.4) is 0 Å². The summed E-state index contributed by atoms with van der Waals surface area (Å²) in [5.41, 5.74) is 3.43. The molecule has 0 atom stereocenters. The average molecular weight is 418 g/mol. The van der Waals surface area contributed by atoms with E-state index in [0.29, 0.717) is 37.6 Å². The second kappa shape index (κ2) is 10.0. The largest absolute Gasteiger partial charge is 0.352 e. The molecule has 0 aliphatic carbocycles. The Balaban J connectivity index is 1.17. The Bertz CT molecular complexity index is 844. The number of rotatable bonds is 6. The molecule has 1 spiro atoms. The first-order valence-corrected chi connectivity index (χ1v) is 10.6. The molecule has 4 rings (SSSR count). The van der Waals surface area contributed by atoms with Crippen LogP contribution in [0.15, 0.2) is 48.5 Å². The van der Waals surface area contributed by atoms with Crippen LogP contribution >= 0.6 is 0 Å². The van der Waals surface area contributed by atoms with Crippen molar-refractivity contribution in [3.63, 3.8) is 0 Å². The summed E-state index contributed by atoms with van der Waals surface area (Å²) in [4.78, 5) is 0. The van der Waals surface area contributed by atoms with Gasteiger partial charge >= 0.3 is 0 Å². The molecule has 2 aliphatic rings. The molecule has 0 aromatic heterocycles. The minimum atomic E-state index is -0.240. The Morgan fingerprint density at radius 1 is 0.645 bits per heavy atom. The first-order valence-electron chi connectivity index (χ1n) is 10.6. The van der Waals surface area contributed by atoms with Crippen LogP contribution in [0.25, 0.3) is 0 Å². The summed E-state index contributed by atoms with van der Waals surface area (Å²) in [6.45, 7) is 2.25. The van der Waals surface area contributed by atoms with Crippen molar-refractivity contribution < 1.29 is 18.9 Å². The van der Waals surface area contributed by atoms with Gasteiger partial charge in [-0.15, -0.1) is 0 Å². The number of ether oxygens (including phenoxy) is 4. The molecule has 0 bridgehead atoms. The van der Waals surface area contributed by atoms with Gasteiger partial charge in [0.05, 0.1) is 55.1 Å². The van der Waals surface area contributed by atoms with Gasteiger partial charge in [0.1, 0.15) is 0 Å². The van der Waals surface area contributed by atoms with Crippen molar-refractivity contribution in [3.8, 4) is 12.1 Å². The van der Waals surface area contributed by atoms with Gasteiger partial charge in [0.25, 0.3) is 0 Å². The van der Waals surface area contributed by atoms with Gasteiger partial charge in [-0.3, -0.25) is 0 Å². The topological polar surface area (TPSA) is 84.5 Å². The lowest BCUT2D eigenvalue weighted by molar-refractivity contribution is -0.303. The zero-order valence-electron chi connectivity index (χ0n) is 17.5. The molecule has 0 unspecified atom stereocenters. The van der Waals surface area contributed by atoms with Crippen LogP contribution in [-0.2, 0) is 31.8 Å². The Morgan fingerprint density at radius 3 is 1.32 bits per heavy atom. The zero-order chi connectivity index (χ0) is 21.5. The maximum absolute atomic E-state index is 8.88. The molecule has 0 N–H and O–H groups in total. The smallest absolute Gasteiger partial charge is 0.157 e. The van der Waals surface area contributed by atoms with Crippen LogP contribution in [0.5, 0.6) is 0 Å². The highest BCUT2D eigenvalue weighted by Crippen LogP contribution is 2.32. The predicted molar refractivity (Wildman–Crippen MR) is 113 cm³/mol. The van der Waals surface area contributed by atoms with E-state index in [0.717, 1.165) is 25.7 Å². The molecule has 0 amide bonds. The molecule has 2 aliphatic heterocycles. The maximum Gasteiger partial charge on any atom is 0.157 e. The molecule has 0 saturated carbocycles. The summed E-state index contributed by atoms with van der Waals surface area (Å²) < 4.78 is 23.9. The van der Waals surface area contributed by atoms with Gasteiger partial charge in [-0.25, -0.2) is 0 Å². The lowest BCUT2D eigenvalue weighted by atomic mass is 9.90. The molecule has 2 heterocycles. The second-order valence-electron chi connectivity index (χ2n) is 8.30. The molecule has 6 heteroatoms. The molecular weight excluding hydrogens is 392 g/mol. The van der Waals surface area contributed by atoms with Gasteiger partial charge in [-0.05, 0) is 48.2 Å².